The number of anilines is 2. The monoisotopic (exact) mass is 113 g/mol. The quantitative estimate of drug-likeness (QED) is 0.520. The molecular formula is C4H5N2S. The Kier molecular flexibility index (Phi) is 0.906. The molecule has 0 aliphatic rings. The summed E-state index contributed by atoms with van der Waals surface area (Å²) in [6, 6.07) is 0. The van der Waals surface area contributed by atoms with Crippen LogP contribution in [0.25, 0.3) is 0 Å². The maximum absolute atomic E-state index is 5.29. The van der Waals surface area contributed by atoms with E-state index in [0.717, 1.165) is 0 Å². The fraction of sp³-hybridized carbons (Fsp3) is 0. The van der Waals surface area contributed by atoms with Crippen molar-refractivity contribution in [3.63, 3.8) is 0 Å². The molecule has 3 heteroatoms. The van der Waals surface area contributed by atoms with Gasteiger partial charge in [0.05, 0.1) is 16.8 Å². The van der Waals surface area contributed by atoms with Gasteiger partial charge in [0, 0.05) is 5.38 Å². The van der Waals surface area contributed by atoms with E-state index in [4.69, 9.17) is 11.5 Å². The Bertz CT molecular complexity index is 142. The number of hydrogen-bond donors (Lipinski definition) is 2. The first-order valence-electron chi connectivity index (χ1n) is 1.81. The van der Waals surface area contributed by atoms with Gasteiger partial charge in [-0.15, -0.1) is 11.3 Å². The Morgan fingerprint density at radius 1 is 1.57 bits per heavy atom. The van der Waals surface area contributed by atoms with Crippen molar-refractivity contribution in [2.45, 2.75) is 0 Å². The molecule has 1 aromatic heterocycles. The Hall–Kier alpha value is -0.700. The molecule has 0 aromatic carbocycles. The maximum Gasteiger partial charge on any atom is 0.0746 e. The molecule has 4 N–H and O–H groups in total. The number of nitrogen functional groups attached to an aromatic ring is 2. The fourth-order valence-corrected chi connectivity index (χ4v) is 0.837. The lowest BCUT2D eigenvalue weighted by molar-refractivity contribution is 1.81. The molecule has 0 aliphatic carbocycles. The largest absolute Gasteiger partial charge is 0.396 e. The molecule has 0 saturated heterocycles. The smallest absolute Gasteiger partial charge is 0.0746 e. The molecular weight excluding hydrogens is 108 g/mol. The van der Waals surface area contributed by atoms with Gasteiger partial charge in [-0.1, -0.05) is 0 Å². The van der Waals surface area contributed by atoms with E-state index in [1.54, 1.807) is 5.38 Å². The van der Waals surface area contributed by atoms with Gasteiger partial charge in [0.2, 0.25) is 0 Å². The molecule has 0 bridgehead atoms. The van der Waals surface area contributed by atoms with Gasteiger partial charge in [-0.05, 0) is 0 Å². The molecule has 0 fully saturated rings. The minimum Gasteiger partial charge on any atom is -0.396 e. The highest BCUT2D eigenvalue weighted by molar-refractivity contribution is 7.08. The summed E-state index contributed by atoms with van der Waals surface area (Å²) in [5.41, 5.74) is 11.8. The van der Waals surface area contributed by atoms with Gasteiger partial charge in [0.25, 0.3) is 0 Å². The third kappa shape index (κ3) is 0.667. The van der Waals surface area contributed by atoms with Crippen molar-refractivity contribution in [2.24, 2.45) is 0 Å². The minimum atomic E-state index is 0.560. The zero-order valence-electron chi connectivity index (χ0n) is 3.64. The summed E-state index contributed by atoms with van der Waals surface area (Å²) in [7, 11) is 0. The molecule has 1 aromatic rings. The van der Waals surface area contributed by atoms with Crippen LogP contribution in [0.5, 0.6) is 0 Å². The van der Waals surface area contributed by atoms with E-state index in [0.29, 0.717) is 11.4 Å². The van der Waals surface area contributed by atoms with Crippen molar-refractivity contribution in [3.8, 4) is 0 Å². The minimum absolute atomic E-state index is 0.560. The van der Waals surface area contributed by atoms with Gasteiger partial charge in [0.1, 0.15) is 0 Å². The Balaban J connectivity index is 3.12. The van der Waals surface area contributed by atoms with Gasteiger partial charge in [-0.3, -0.25) is 0 Å². The van der Waals surface area contributed by atoms with Crippen molar-refractivity contribution in [1.29, 1.82) is 0 Å². The summed E-state index contributed by atoms with van der Waals surface area (Å²) in [4.78, 5) is 0. The molecule has 1 radical (unpaired) electrons. The van der Waals surface area contributed by atoms with Crippen LogP contribution in [0, 0.1) is 5.38 Å². The Morgan fingerprint density at radius 2 is 2.29 bits per heavy atom. The Labute approximate surface area is 45.8 Å². The highest BCUT2D eigenvalue weighted by Gasteiger charge is 1.89. The normalized spacial score (nSPS) is 9.14. The second-order valence-corrected chi connectivity index (χ2v) is 1.88. The molecule has 0 atom stereocenters. The second kappa shape index (κ2) is 1.42. The molecule has 37 valence electrons. The average molecular weight is 113 g/mol. The van der Waals surface area contributed by atoms with Crippen LogP contribution in [0.1, 0.15) is 0 Å². The third-order valence-electron chi connectivity index (χ3n) is 0.666. The molecule has 0 unspecified atom stereocenters. The van der Waals surface area contributed by atoms with Crippen LogP contribution in [-0.4, -0.2) is 0 Å². The number of thiophene rings is 1. The number of nitrogens with two attached hydrogens (primary N) is 2. The molecule has 1 heterocycles. The topological polar surface area (TPSA) is 52.0 Å². The molecule has 2 nitrogen and oxygen atoms in total. The van der Waals surface area contributed by atoms with Gasteiger partial charge in [0.15, 0.2) is 0 Å². The van der Waals surface area contributed by atoms with Crippen LogP contribution in [0.3, 0.4) is 0 Å². The summed E-state index contributed by atoms with van der Waals surface area (Å²) in [5.74, 6) is 0. The van der Waals surface area contributed by atoms with Crippen LogP contribution < -0.4 is 11.5 Å². The van der Waals surface area contributed by atoms with Gasteiger partial charge >= 0.3 is 0 Å². The van der Waals surface area contributed by atoms with Crippen molar-refractivity contribution in [3.05, 3.63) is 10.8 Å². The number of rotatable bonds is 0. The van der Waals surface area contributed by atoms with Crippen molar-refractivity contribution >= 4 is 22.7 Å². The lowest BCUT2D eigenvalue weighted by Crippen LogP contribution is -1.87. The van der Waals surface area contributed by atoms with Crippen molar-refractivity contribution in [2.75, 3.05) is 11.5 Å². The summed E-state index contributed by atoms with van der Waals surface area (Å²) in [5, 5.41) is 4.52. The zero-order valence-corrected chi connectivity index (χ0v) is 4.46. The van der Waals surface area contributed by atoms with E-state index in [2.05, 4.69) is 5.38 Å². The van der Waals surface area contributed by atoms with Crippen molar-refractivity contribution in [1.82, 2.24) is 0 Å². The van der Waals surface area contributed by atoms with Gasteiger partial charge in [-0.2, -0.15) is 0 Å². The van der Waals surface area contributed by atoms with Gasteiger partial charge in [-0.25, -0.2) is 0 Å². The third-order valence-corrected chi connectivity index (χ3v) is 1.38. The SMILES string of the molecule is Nc1[c]scc1N. The highest BCUT2D eigenvalue weighted by Crippen LogP contribution is 2.16. The lowest BCUT2D eigenvalue weighted by atomic mass is 10.5. The first-order valence-corrected chi connectivity index (χ1v) is 2.69. The lowest BCUT2D eigenvalue weighted by Gasteiger charge is -1.81. The highest BCUT2D eigenvalue weighted by atomic mass is 32.1. The molecule has 1 rings (SSSR count). The first-order chi connectivity index (χ1) is 3.30. The summed E-state index contributed by atoms with van der Waals surface area (Å²) in [6.45, 7) is 0. The predicted molar refractivity (Wildman–Crippen MR) is 32.0 cm³/mol. The molecule has 7 heavy (non-hydrogen) atoms. The maximum atomic E-state index is 5.29. The second-order valence-electron chi connectivity index (χ2n) is 1.21. The molecule has 0 amide bonds. The summed E-state index contributed by atoms with van der Waals surface area (Å²) >= 11 is 1.39. The van der Waals surface area contributed by atoms with E-state index in [-0.39, 0.29) is 0 Å². The van der Waals surface area contributed by atoms with Crippen LogP contribution >= 0.6 is 11.3 Å². The molecule has 0 spiro atoms. The van der Waals surface area contributed by atoms with Crippen molar-refractivity contribution < 1.29 is 0 Å². The average Bonchev–Trinajstić information content (AvgIpc) is 1.91. The summed E-state index contributed by atoms with van der Waals surface area (Å²) < 4.78 is 0. The zero-order chi connectivity index (χ0) is 5.28. The summed E-state index contributed by atoms with van der Waals surface area (Å²) in [6.07, 6.45) is 0. The van der Waals surface area contributed by atoms with Crippen LogP contribution in [0.2, 0.25) is 0 Å². The van der Waals surface area contributed by atoms with E-state index in [1.165, 1.54) is 11.3 Å². The predicted octanol–water partition coefficient (Wildman–Crippen LogP) is 0.713. The number of hydrogen-bond acceptors (Lipinski definition) is 3. The van der Waals surface area contributed by atoms with Gasteiger partial charge < -0.3 is 11.5 Å². The fourth-order valence-electron chi connectivity index (χ4n) is 0.279. The standard InChI is InChI=1S/C4H5N2S/c5-3-1-7-2-4(3)6/h1H,5-6H2. The first kappa shape index (κ1) is 4.46. The van der Waals surface area contributed by atoms with Crippen LogP contribution in [-0.2, 0) is 0 Å². The van der Waals surface area contributed by atoms with E-state index in [1.807, 2.05) is 0 Å². The molecule has 0 saturated carbocycles. The van der Waals surface area contributed by atoms with Crippen LogP contribution in [0.4, 0.5) is 11.4 Å². The molecule has 0 aliphatic heterocycles. The van der Waals surface area contributed by atoms with E-state index in [9.17, 15) is 0 Å². The van der Waals surface area contributed by atoms with E-state index >= 15 is 0 Å². The van der Waals surface area contributed by atoms with E-state index < -0.39 is 0 Å². The van der Waals surface area contributed by atoms with Crippen LogP contribution in [0.15, 0.2) is 5.38 Å². The Morgan fingerprint density at radius 3 is 2.43 bits per heavy atom.